The van der Waals surface area contributed by atoms with E-state index < -0.39 is 23.6 Å². The van der Waals surface area contributed by atoms with E-state index in [9.17, 15) is 17.6 Å². The van der Waals surface area contributed by atoms with Gasteiger partial charge in [-0.3, -0.25) is 9.30 Å². The number of likely N-dealkylation sites (tertiary alicyclic amines) is 1. The lowest BCUT2D eigenvalue weighted by Crippen LogP contribution is -2.43. The Morgan fingerprint density at radius 1 is 1.12 bits per heavy atom. The van der Waals surface area contributed by atoms with Gasteiger partial charge >= 0.3 is 6.18 Å². The Hall–Kier alpha value is -2.77. The molecule has 3 aromatic heterocycles. The van der Waals surface area contributed by atoms with Crippen molar-refractivity contribution >= 4 is 41.4 Å². The summed E-state index contributed by atoms with van der Waals surface area (Å²) in [6.07, 6.45) is -2.88. The number of halogens is 6. The molecule has 3 atom stereocenters. The number of methoxy groups -OCH3 is 1. The minimum absolute atomic E-state index is 0. The number of fused-ring (bicyclic) bond motifs is 2. The van der Waals surface area contributed by atoms with E-state index in [0.717, 1.165) is 0 Å². The van der Waals surface area contributed by atoms with Crippen LogP contribution in [0.2, 0.25) is 0 Å². The molecule has 0 saturated carbocycles. The molecule has 1 fully saturated rings. The van der Waals surface area contributed by atoms with E-state index in [1.807, 2.05) is 0 Å². The zero-order chi connectivity index (χ0) is 27.2. The number of hydrogen-bond donors (Lipinski definition) is 1. The first kappa shape index (κ1) is 31.8. The second kappa shape index (κ2) is 12.0. The van der Waals surface area contributed by atoms with E-state index in [1.54, 1.807) is 26.0 Å². The van der Waals surface area contributed by atoms with Crippen LogP contribution in [-0.2, 0) is 4.74 Å². The van der Waals surface area contributed by atoms with E-state index in [1.165, 1.54) is 46.9 Å². The molecule has 5 rings (SSSR count). The van der Waals surface area contributed by atoms with Gasteiger partial charge in [0.2, 0.25) is 0 Å². The fourth-order valence-electron chi connectivity index (χ4n) is 4.73. The van der Waals surface area contributed by atoms with Gasteiger partial charge in [0, 0.05) is 43.4 Å². The van der Waals surface area contributed by atoms with Crippen molar-refractivity contribution in [1.82, 2.24) is 24.5 Å². The molecular formula is C26H30Cl2F4N6O2. The smallest absolute Gasteiger partial charge is 0.408 e. The van der Waals surface area contributed by atoms with E-state index >= 15 is 0 Å². The predicted molar refractivity (Wildman–Crippen MR) is 148 cm³/mol. The Labute approximate surface area is 240 Å². The molecule has 0 bridgehead atoms. The molecular weight excluding hydrogens is 575 g/mol. The van der Waals surface area contributed by atoms with Gasteiger partial charge in [0.1, 0.15) is 18.3 Å². The fourth-order valence-corrected chi connectivity index (χ4v) is 4.73. The first-order valence-electron chi connectivity index (χ1n) is 12.2. The molecule has 218 valence electrons. The van der Waals surface area contributed by atoms with Crippen molar-refractivity contribution in [3.63, 3.8) is 0 Å². The van der Waals surface area contributed by atoms with E-state index in [-0.39, 0.29) is 67.8 Å². The van der Waals surface area contributed by atoms with Crippen molar-refractivity contribution < 1.29 is 27.0 Å². The van der Waals surface area contributed by atoms with Gasteiger partial charge in [-0.25, -0.2) is 9.37 Å². The van der Waals surface area contributed by atoms with Gasteiger partial charge in [-0.2, -0.15) is 13.2 Å². The minimum atomic E-state index is -4.51. The number of hydrogen-bond acceptors (Lipinski definition) is 7. The molecule has 4 heterocycles. The number of benzene rings is 1. The van der Waals surface area contributed by atoms with Crippen molar-refractivity contribution in [3.8, 4) is 17.3 Å². The summed E-state index contributed by atoms with van der Waals surface area (Å²) in [6.45, 7) is 4.06. The largest absolute Gasteiger partial charge is 0.488 e. The molecule has 0 radical (unpaired) electrons. The SMILES string of the molecule is COC(C)COc1cc2nc(-c3nnc4ccc([C@H](N5CCC(C)(N)C5)C(F)(F)F)cn34)ccc2cc1F.Cl.Cl. The van der Waals surface area contributed by atoms with Crippen LogP contribution in [0.25, 0.3) is 28.1 Å². The van der Waals surface area contributed by atoms with Gasteiger partial charge in [-0.15, -0.1) is 35.0 Å². The molecule has 2 N–H and O–H groups in total. The summed E-state index contributed by atoms with van der Waals surface area (Å²) < 4.78 is 69.5. The van der Waals surface area contributed by atoms with Gasteiger partial charge in [-0.05, 0) is 44.0 Å². The van der Waals surface area contributed by atoms with Gasteiger partial charge in [-0.1, -0.05) is 12.1 Å². The number of alkyl halides is 3. The molecule has 1 saturated heterocycles. The van der Waals surface area contributed by atoms with E-state index in [0.29, 0.717) is 28.7 Å². The van der Waals surface area contributed by atoms with Gasteiger partial charge < -0.3 is 15.2 Å². The number of nitrogens with two attached hydrogens (primary N) is 1. The molecule has 1 aliphatic heterocycles. The van der Waals surface area contributed by atoms with Gasteiger partial charge in [0.15, 0.2) is 23.0 Å². The van der Waals surface area contributed by atoms with Crippen LogP contribution in [0.15, 0.2) is 42.6 Å². The summed E-state index contributed by atoms with van der Waals surface area (Å²) >= 11 is 0. The third-order valence-corrected chi connectivity index (χ3v) is 6.80. The molecule has 40 heavy (non-hydrogen) atoms. The van der Waals surface area contributed by atoms with Crippen LogP contribution in [0.5, 0.6) is 5.75 Å². The molecule has 8 nitrogen and oxygen atoms in total. The summed E-state index contributed by atoms with van der Waals surface area (Å²) in [7, 11) is 1.53. The topological polar surface area (TPSA) is 90.8 Å². The second-order valence-corrected chi connectivity index (χ2v) is 10.1. The van der Waals surface area contributed by atoms with Gasteiger partial charge in [0.25, 0.3) is 0 Å². The normalized spacial score (nSPS) is 19.3. The average Bonchev–Trinajstić information content (AvgIpc) is 3.43. The van der Waals surface area contributed by atoms with Crippen LogP contribution in [0.1, 0.15) is 31.9 Å². The first-order valence-corrected chi connectivity index (χ1v) is 12.2. The second-order valence-electron chi connectivity index (χ2n) is 10.1. The highest BCUT2D eigenvalue weighted by molar-refractivity contribution is 5.85. The van der Waals surface area contributed by atoms with Crippen LogP contribution >= 0.6 is 24.8 Å². The highest BCUT2D eigenvalue weighted by atomic mass is 35.5. The fraction of sp³-hybridized carbons (Fsp3) is 0.423. The van der Waals surface area contributed by atoms with Crippen molar-refractivity contribution in [1.29, 1.82) is 0 Å². The Morgan fingerprint density at radius 3 is 2.52 bits per heavy atom. The quantitative estimate of drug-likeness (QED) is 0.284. The summed E-state index contributed by atoms with van der Waals surface area (Å²) in [5, 5.41) is 8.82. The predicted octanol–water partition coefficient (Wildman–Crippen LogP) is 5.37. The highest BCUT2D eigenvalue weighted by Gasteiger charge is 2.48. The molecule has 2 unspecified atom stereocenters. The van der Waals surface area contributed by atoms with Crippen molar-refractivity contribution in [2.75, 3.05) is 26.8 Å². The first-order chi connectivity index (χ1) is 17.9. The lowest BCUT2D eigenvalue weighted by Gasteiger charge is -2.31. The number of pyridine rings is 2. The van der Waals surface area contributed by atoms with Crippen LogP contribution in [0.3, 0.4) is 0 Å². The van der Waals surface area contributed by atoms with E-state index in [2.05, 4.69) is 15.2 Å². The molecule has 0 aliphatic carbocycles. The lowest BCUT2D eigenvalue weighted by atomic mass is 10.0. The summed E-state index contributed by atoms with van der Waals surface area (Å²) in [5.41, 5.74) is 6.66. The maximum Gasteiger partial charge on any atom is 0.408 e. The molecule has 0 amide bonds. The molecule has 0 spiro atoms. The van der Waals surface area contributed by atoms with Crippen LogP contribution in [-0.4, -0.2) is 69.1 Å². The zero-order valence-corrected chi connectivity index (χ0v) is 23.6. The summed E-state index contributed by atoms with van der Waals surface area (Å²) in [4.78, 5) is 5.95. The van der Waals surface area contributed by atoms with E-state index in [4.69, 9.17) is 15.2 Å². The summed E-state index contributed by atoms with van der Waals surface area (Å²) in [6, 6.07) is 7.17. The Balaban J connectivity index is 0.00000220. The lowest BCUT2D eigenvalue weighted by molar-refractivity contribution is -0.184. The molecule has 1 aromatic carbocycles. The van der Waals surface area contributed by atoms with Crippen molar-refractivity contribution in [3.05, 3.63) is 54.0 Å². The van der Waals surface area contributed by atoms with Crippen LogP contribution in [0.4, 0.5) is 17.6 Å². The van der Waals surface area contributed by atoms with Crippen LogP contribution in [0, 0.1) is 5.82 Å². The zero-order valence-electron chi connectivity index (χ0n) is 22.0. The van der Waals surface area contributed by atoms with Crippen molar-refractivity contribution in [2.24, 2.45) is 5.73 Å². The Morgan fingerprint density at radius 2 is 1.88 bits per heavy atom. The average molecular weight is 605 g/mol. The maximum atomic E-state index is 14.5. The molecule has 4 aromatic rings. The Bertz CT molecular complexity index is 1480. The van der Waals surface area contributed by atoms with Gasteiger partial charge in [0.05, 0.1) is 11.6 Å². The maximum absolute atomic E-state index is 14.5. The Kier molecular flexibility index (Phi) is 9.52. The number of nitrogens with zero attached hydrogens (tertiary/aromatic N) is 5. The van der Waals surface area contributed by atoms with Crippen LogP contribution < -0.4 is 10.5 Å². The third kappa shape index (κ3) is 6.41. The number of rotatable bonds is 7. The standard InChI is InChI=1S/C26H28F4N6O2.2ClH/c1-15(37-3)13-38-21-11-20-16(10-18(21)27)4-6-19(32-20)24-34-33-22-7-5-17(12-36(22)24)23(26(28,29)30)35-9-8-25(2,31)14-35;;/h4-7,10-12,15,23H,8-9,13-14,31H2,1-3H3;2*1H/t15?,23-,25?;;/m0../s1. The van der Waals surface area contributed by atoms with Crippen molar-refractivity contribution in [2.45, 2.75) is 44.1 Å². The number of aromatic nitrogens is 4. The molecule has 1 aliphatic rings. The molecule has 14 heteroatoms. The minimum Gasteiger partial charge on any atom is -0.488 e. The highest BCUT2D eigenvalue weighted by Crippen LogP contribution is 2.41. The number of ether oxygens (including phenoxy) is 2. The summed E-state index contributed by atoms with van der Waals surface area (Å²) in [5.74, 6) is -0.263. The third-order valence-electron chi connectivity index (χ3n) is 6.80. The monoisotopic (exact) mass is 604 g/mol.